The molecular weight excluding hydrogens is 490 g/mol. The fraction of sp³-hybridized carbons (Fsp3) is 0.920. The van der Waals surface area contributed by atoms with Crippen LogP contribution in [0.1, 0.15) is 41.5 Å². The molecule has 1 amide bonds. The van der Waals surface area contributed by atoms with Crippen LogP contribution >= 0.6 is 0 Å². The molecule has 0 fully saturated rings. The van der Waals surface area contributed by atoms with Gasteiger partial charge in [-0.25, -0.2) is 9.59 Å². The zero-order valence-electron chi connectivity index (χ0n) is 23.6. The number of nitrogens with one attached hydrogen (secondary N) is 1. The van der Waals surface area contributed by atoms with Crippen molar-refractivity contribution < 1.29 is 52.2 Å². The molecule has 0 rings (SSSR count). The van der Waals surface area contributed by atoms with Gasteiger partial charge in [0.15, 0.2) is 0 Å². The van der Waals surface area contributed by atoms with E-state index in [1.54, 1.807) is 0 Å². The number of ether oxygens (including phenoxy) is 9. The van der Waals surface area contributed by atoms with Gasteiger partial charge >= 0.3 is 12.1 Å². The summed E-state index contributed by atoms with van der Waals surface area (Å²) < 4.78 is 47.8. The number of carbonyl (C=O) groups excluding carboxylic acids is 2. The Morgan fingerprint density at radius 1 is 0.486 bits per heavy atom. The van der Waals surface area contributed by atoms with Gasteiger partial charge in [0.05, 0.1) is 85.9 Å². The lowest BCUT2D eigenvalue weighted by molar-refractivity contribution is -0.160. The molecule has 0 aromatic rings. The van der Waals surface area contributed by atoms with Crippen molar-refractivity contribution in [2.45, 2.75) is 52.7 Å². The molecule has 0 saturated carbocycles. The highest BCUT2D eigenvalue weighted by atomic mass is 16.6. The smallest absolute Gasteiger partial charge is 0.407 e. The van der Waals surface area contributed by atoms with Crippen LogP contribution in [-0.2, 0) is 47.4 Å². The Hall–Kier alpha value is -1.54. The molecule has 220 valence electrons. The molecule has 12 nitrogen and oxygen atoms in total. The maximum atomic E-state index is 11.5. The van der Waals surface area contributed by atoms with Gasteiger partial charge in [-0.3, -0.25) is 0 Å². The van der Waals surface area contributed by atoms with Crippen LogP contribution in [-0.4, -0.2) is 122 Å². The fourth-order valence-electron chi connectivity index (χ4n) is 2.39. The van der Waals surface area contributed by atoms with Gasteiger partial charge < -0.3 is 47.9 Å². The molecule has 0 aliphatic heterocycles. The van der Waals surface area contributed by atoms with Crippen molar-refractivity contribution in [3.05, 3.63) is 0 Å². The topological polar surface area (TPSA) is 129 Å². The van der Waals surface area contributed by atoms with Gasteiger partial charge in [-0.1, -0.05) is 0 Å². The summed E-state index contributed by atoms with van der Waals surface area (Å²) >= 11 is 0. The second-order valence-electron chi connectivity index (χ2n) is 9.74. The van der Waals surface area contributed by atoms with E-state index >= 15 is 0 Å². The van der Waals surface area contributed by atoms with E-state index in [2.05, 4.69) is 5.32 Å². The minimum absolute atomic E-state index is 0.0851. The minimum Gasteiger partial charge on any atom is -0.458 e. The third kappa shape index (κ3) is 30.6. The second-order valence-corrected chi connectivity index (χ2v) is 9.74. The molecule has 0 aromatic carbocycles. The third-order valence-corrected chi connectivity index (χ3v) is 3.79. The highest BCUT2D eigenvalue weighted by Crippen LogP contribution is 2.07. The molecule has 0 spiro atoms. The highest BCUT2D eigenvalue weighted by Gasteiger charge is 2.16. The molecule has 0 saturated heterocycles. The first-order chi connectivity index (χ1) is 17.5. The summed E-state index contributed by atoms with van der Waals surface area (Å²) in [5, 5.41) is 2.62. The SMILES string of the molecule is CC(C)(C)OC(=O)COCCOCCOCCOCCOCCOCCOCCNC(=O)OC(C)(C)C. The number of hydrogen-bond donors (Lipinski definition) is 1. The predicted molar refractivity (Wildman–Crippen MR) is 136 cm³/mol. The Labute approximate surface area is 221 Å². The molecule has 37 heavy (non-hydrogen) atoms. The fourth-order valence-corrected chi connectivity index (χ4v) is 2.39. The Balaban J connectivity index is 3.18. The van der Waals surface area contributed by atoms with E-state index in [-0.39, 0.29) is 12.6 Å². The van der Waals surface area contributed by atoms with Crippen molar-refractivity contribution in [2.24, 2.45) is 0 Å². The molecule has 0 aliphatic rings. The first-order valence-electron chi connectivity index (χ1n) is 12.7. The molecular formula is C25H49NO11. The summed E-state index contributed by atoms with van der Waals surface area (Å²) in [5.74, 6) is -0.390. The van der Waals surface area contributed by atoms with Crippen molar-refractivity contribution in [1.82, 2.24) is 5.32 Å². The van der Waals surface area contributed by atoms with Gasteiger partial charge in [0, 0.05) is 6.54 Å². The van der Waals surface area contributed by atoms with Crippen molar-refractivity contribution in [3.8, 4) is 0 Å². The maximum absolute atomic E-state index is 11.5. The van der Waals surface area contributed by atoms with Crippen molar-refractivity contribution in [1.29, 1.82) is 0 Å². The van der Waals surface area contributed by atoms with Gasteiger partial charge in [0.25, 0.3) is 0 Å². The van der Waals surface area contributed by atoms with Crippen LogP contribution in [0.5, 0.6) is 0 Å². The summed E-state index contributed by atoms with van der Waals surface area (Å²) in [6.45, 7) is 16.8. The second kappa shape index (κ2) is 22.4. The van der Waals surface area contributed by atoms with Crippen molar-refractivity contribution in [3.63, 3.8) is 0 Å². The Bertz CT molecular complexity index is 514. The number of esters is 1. The standard InChI is InChI=1S/C25H49NO11/c1-24(2,3)36-22(27)21-35-20-19-34-18-17-33-16-15-32-14-13-31-12-11-30-10-9-29-8-7-26-23(28)37-25(4,5)6/h7-21H2,1-6H3,(H,26,28). The summed E-state index contributed by atoms with van der Waals surface area (Å²) in [5.41, 5.74) is -1.02. The summed E-state index contributed by atoms with van der Waals surface area (Å²) in [7, 11) is 0. The van der Waals surface area contributed by atoms with E-state index in [0.29, 0.717) is 92.4 Å². The van der Waals surface area contributed by atoms with Crippen LogP contribution in [0.3, 0.4) is 0 Å². The monoisotopic (exact) mass is 539 g/mol. The first-order valence-corrected chi connectivity index (χ1v) is 12.7. The molecule has 0 unspecified atom stereocenters. The average Bonchev–Trinajstić information content (AvgIpc) is 2.77. The number of alkyl carbamates (subject to hydrolysis) is 1. The lowest BCUT2D eigenvalue weighted by Gasteiger charge is -2.19. The first kappa shape index (κ1) is 35.5. The number of amides is 1. The van der Waals surface area contributed by atoms with Crippen molar-refractivity contribution in [2.75, 3.05) is 99.0 Å². The number of carbonyl (C=O) groups is 2. The van der Waals surface area contributed by atoms with Crippen LogP contribution in [0.25, 0.3) is 0 Å². The van der Waals surface area contributed by atoms with E-state index in [1.807, 2.05) is 41.5 Å². The van der Waals surface area contributed by atoms with Crippen LogP contribution in [0.4, 0.5) is 4.79 Å². The lowest BCUT2D eigenvalue weighted by atomic mass is 10.2. The average molecular weight is 540 g/mol. The van der Waals surface area contributed by atoms with Crippen LogP contribution in [0, 0.1) is 0 Å². The molecule has 0 atom stereocenters. The van der Waals surface area contributed by atoms with E-state index in [4.69, 9.17) is 42.6 Å². The van der Waals surface area contributed by atoms with Crippen molar-refractivity contribution >= 4 is 12.1 Å². The zero-order valence-corrected chi connectivity index (χ0v) is 23.6. The quantitative estimate of drug-likeness (QED) is 0.151. The van der Waals surface area contributed by atoms with Crippen LogP contribution < -0.4 is 5.32 Å². The lowest BCUT2D eigenvalue weighted by Crippen LogP contribution is -2.34. The molecule has 0 heterocycles. The Kier molecular flexibility index (Phi) is 21.5. The maximum Gasteiger partial charge on any atom is 0.407 e. The normalized spacial score (nSPS) is 11.9. The van der Waals surface area contributed by atoms with Crippen LogP contribution in [0.2, 0.25) is 0 Å². The molecule has 12 heteroatoms. The molecule has 0 radical (unpaired) electrons. The van der Waals surface area contributed by atoms with Gasteiger partial charge in [-0.2, -0.15) is 0 Å². The van der Waals surface area contributed by atoms with Gasteiger partial charge in [-0.15, -0.1) is 0 Å². The highest BCUT2D eigenvalue weighted by molar-refractivity contribution is 5.71. The number of hydrogen-bond acceptors (Lipinski definition) is 11. The molecule has 0 bridgehead atoms. The molecule has 0 aliphatic carbocycles. The third-order valence-electron chi connectivity index (χ3n) is 3.79. The minimum atomic E-state index is -0.511. The van der Waals surface area contributed by atoms with E-state index in [0.717, 1.165) is 0 Å². The largest absolute Gasteiger partial charge is 0.458 e. The van der Waals surface area contributed by atoms with Gasteiger partial charge in [-0.05, 0) is 41.5 Å². The molecule has 0 aromatic heterocycles. The van der Waals surface area contributed by atoms with E-state index in [1.165, 1.54) is 0 Å². The summed E-state index contributed by atoms with van der Waals surface area (Å²) in [6, 6.07) is 0. The van der Waals surface area contributed by atoms with Crippen LogP contribution in [0.15, 0.2) is 0 Å². The molecule has 1 N–H and O–H groups in total. The van der Waals surface area contributed by atoms with Gasteiger partial charge in [0.2, 0.25) is 0 Å². The van der Waals surface area contributed by atoms with Gasteiger partial charge in [0.1, 0.15) is 17.8 Å². The Morgan fingerprint density at radius 2 is 0.811 bits per heavy atom. The Morgan fingerprint density at radius 3 is 1.16 bits per heavy atom. The summed E-state index contributed by atoms with van der Waals surface area (Å²) in [6.07, 6.45) is -0.456. The predicted octanol–water partition coefficient (Wildman–Crippen LogP) is 1.97. The number of rotatable bonds is 23. The van der Waals surface area contributed by atoms with E-state index < -0.39 is 17.3 Å². The zero-order chi connectivity index (χ0) is 27.8. The van der Waals surface area contributed by atoms with E-state index in [9.17, 15) is 9.59 Å². The summed E-state index contributed by atoms with van der Waals surface area (Å²) in [4.78, 5) is 22.9.